The zero-order valence-electron chi connectivity index (χ0n) is 15.6. The third kappa shape index (κ3) is 2.83. The van der Waals surface area contributed by atoms with E-state index in [0.29, 0.717) is 24.3 Å². The van der Waals surface area contributed by atoms with Gasteiger partial charge in [0.25, 0.3) is 0 Å². The Morgan fingerprint density at radius 3 is 2.50 bits per heavy atom. The molecule has 4 heteroatoms. The van der Waals surface area contributed by atoms with Crippen molar-refractivity contribution in [3.63, 3.8) is 0 Å². The minimum atomic E-state index is 0.175. The van der Waals surface area contributed by atoms with Crippen molar-refractivity contribution in [3.05, 3.63) is 30.1 Å². The van der Waals surface area contributed by atoms with Gasteiger partial charge in [0.05, 0.1) is 11.0 Å². The molecule has 0 radical (unpaired) electrons. The van der Waals surface area contributed by atoms with Gasteiger partial charge in [-0.05, 0) is 80.8 Å². The van der Waals surface area contributed by atoms with E-state index >= 15 is 0 Å². The lowest BCUT2D eigenvalue weighted by molar-refractivity contribution is -0.125. The molecule has 4 saturated carbocycles. The molecule has 1 atom stereocenters. The number of H-pyrrole nitrogens is 1. The molecular weight excluding hydrogens is 322 g/mol. The van der Waals surface area contributed by atoms with E-state index in [1.807, 2.05) is 24.3 Å². The number of amides is 1. The van der Waals surface area contributed by atoms with Crippen LogP contribution in [0, 0.1) is 23.2 Å². The maximum Gasteiger partial charge on any atom is 0.220 e. The normalized spacial score (nSPS) is 33.5. The number of hydrogen-bond donors (Lipinski definition) is 2. The van der Waals surface area contributed by atoms with Crippen molar-refractivity contribution in [2.45, 2.75) is 64.3 Å². The standard InChI is InChI=1S/C22H29N3O/c1-14(22-11-15-8-16(12-22)10-17(9-15)13-22)23-21(26)7-6-20-24-18-4-2-3-5-19(18)25-20/h2-5,14-17H,6-13H2,1H3,(H,23,26)(H,24,25). The van der Waals surface area contributed by atoms with E-state index in [0.717, 1.165) is 34.6 Å². The number of aromatic amines is 1. The molecule has 2 N–H and O–H groups in total. The highest BCUT2D eigenvalue weighted by Gasteiger charge is 2.53. The first-order chi connectivity index (χ1) is 12.6. The monoisotopic (exact) mass is 351 g/mol. The summed E-state index contributed by atoms with van der Waals surface area (Å²) in [7, 11) is 0. The first kappa shape index (κ1) is 16.3. The Hall–Kier alpha value is -1.84. The summed E-state index contributed by atoms with van der Waals surface area (Å²) < 4.78 is 0. The van der Waals surface area contributed by atoms with Gasteiger partial charge in [-0.15, -0.1) is 0 Å². The van der Waals surface area contributed by atoms with E-state index in [1.54, 1.807) is 0 Å². The topological polar surface area (TPSA) is 57.8 Å². The number of fused-ring (bicyclic) bond motifs is 1. The Bertz CT molecular complexity index is 755. The highest BCUT2D eigenvalue weighted by molar-refractivity contribution is 5.77. The Balaban J connectivity index is 1.20. The largest absolute Gasteiger partial charge is 0.353 e. The summed E-state index contributed by atoms with van der Waals surface area (Å²) in [5.74, 6) is 3.86. The molecule has 0 saturated heterocycles. The number of nitrogens with one attached hydrogen (secondary N) is 2. The average molecular weight is 351 g/mol. The Morgan fingerprint density at radius 2 is 1.85 bits per heavy atom. The maximum atomic E-state index is 12.6. The number of hydrogen-bond acceptors (Lipinski definition) is 2. The van der Waals surface area contributed by atoms with Crippen LogP contribution in [0.1, 0.15) is 57.7 Å². The zero-order chi connectivity index (χ0) is 17.7. The molecule has 4 aliphatic carbocycles. The van der Waals surface area contributed by atoms with Gasteiger partial charge >= 0.3 is 0 Å². The fourth-order valence-corrected chi connectivity index (χ4v) is 6.53. The number of aryl methyl sites for hydroxylation is 1. The first-order valence-corrected chi connectivity index (χ1v) is 10.3. The number of aromatic nitrogens is 2. The predicted octanol–water partition coefficient (Wildman–Crippen LogP) is 4.22. The van der Waals surface area contributed by atoms with Crippen molar-refractivity contribution in [3.8, 4) is 0 Å². The summed E-state index contributed by atoms with van der Waals surface area (Å²) in [6.45, 7) is 2.26. The number of rotatable bonds is 5. The van der Waals surface area contributed by atoms with E-state index in [9.17, 15) is 4.79 Å². The van der Waals surface area contributed by atoms with Crippen LogP contribution in [0.25, 0.3) is 11.0 Å². The minimum absolute atomic E-state index is 0.175. The summed E-state index contributed by atoms with van der Waals surface area (Å²) in [5.41, 5.74) is 2.40. The van der Waals surface area contributed by atoms with Gasteiger partial charge in [0.2, 0.25) is 5.91 Å². The SMILES string of the molecule is CC(NC(=O)CCc1nc2ccccc2[nH]1)C12CC3CC(CC(C3)C1)C2. The van der Waals surface area contributed by atoms with E-state index < -0.39 is 0 Å². The van der Waals surface area contributed by atoms with E-state index in [2.05, 4.69) is 22.2 Å². The molecule has 26 heavy (non-hydrogen) atoms. The van der Waals surface area contributed by atoms with E-state index in [-0.39, 0.29) is 5.91 Å². The number of benzene rings is 1. The van der Waals surface area contributed by atoms with Crippen LogP contribution in [0.3, 0.4) is 0 Å². The molecule has 4 aliphatic rings. The van der Waals surface area contributed by atoms with Gasteiger partial charge in [0.15, 0.2) is 0 Å². The first-order valence-electron chi connectivity index (χ1n) is 10.3. The van der Waals surface area contributed by atoms with Crippen molar-refractivity contribution in [2.75, 3.05) is 0 Å². The second-order valence-electron chi connectivity index (χ2n) is 9.27. The third-order valence-corrected chi connectivity index (χ3v) is 7.41. The van der Waals surface area contributed by atoms with Gasteiger partial charge in [-0.25, -0.2) is 4.98 Å². The summed E-state index contributed by atoms with van der Waals surface area (Å²) in [5, 5.41) is 3.36. The van der Waals surface area contributed by atoms with Gasteiger partial charge in [-0.1, -0.05) is 12.1 Å². The smallest absolute Gasteiger partial charge is 0.220 e. The molecule has 138 valence electrons. The van der Waals surface area contributed by atoms with Crippen molar-refractivity contribution in [1.29, 1.82) is 0 Å². The molecule has 2 aromatic rings. The highest BCUT2D eigenvalue weighted by Crippen LogP contribution is 2.61. The molecule has 4 nitrogen and oxygen atoms in total. The molecule has 1 unspecified atom stereocenters. The van der Waals surface area contributed by atoms with Crippen molar-refractivity contribution < 1.29 is 4.79 Å². The van der Waals surface area contributed by atoms with Crippen LogP contribution in [0.2, 0.25) is 0 Å². The second-order valence-corrected chi connectivity index (χ2v) is 9.27. The fraction of sp³-hybridized carbons (Fsp3) is 0.636. The Labute approximate surface area is 155 Å². The molecule has 1 aromatic carbocycles. The van der Waals surface area contributed by atoms with Crippen molar-refractivity contribution in [2.24, 2.45) is 23.2 Å². The lowest BCUT2D eigenvalue weighted by Crippen LogP contribution is -2.55. The third-order valence-electron chi connectivity index (χ3n) is 7.41. The van der Waals surface area contributed by atoms with Crippen LogP contribution in [0.5, 0.6) is 0 Å². The summed E-state index contributed by atoms with van der Waals surface area (Å²) in [4.78, 5) is 20.5. The summed E-state index contributed by atoms with van der Waals surface area (Å²) in [6.07, 6.45) is 9.55. The number of carbonyl (C=O) groups is 1. The highest BCUT2D eigenvalue weighted by atomic mass is 16.1. The molecule has 1 heterocycles. The quantitative estimate of drug-likeness (QED) is 0.847. The van der Waals surface area contributed by atoms with E-state index in [1.165, 1.54) is 38.5 Å². The molecule has 4 fully saturated rings. The Morgan fingerprint density at radius 1 is 1.19 bits per heavy atom. The summed E-state index contributed by atoms with van der Waals surface area (Å²) >= 11 is 0. The van der Waals surface area contributed by atoms with Gasteiger partial charge < -0.3 is 10.3 Å². The van der Waals surface area contributed by atoms with Gasteiger partial charge in [0.1, 0.15) is 5.82 Å². The lowest BCUT2D eigenvalue weighted by Gasteiger charge is -2.59. The molecule has 1 amide bonds. The van der Waals surface area contributed by atoms with Crippen LogP contribution < -0.4 is 5.32 Å². The number of para-hydroxylation sites is 2. The number of imidazole rings is 1. The number of nitrogens with zero attached hydrogens (tertiary/aromatic N) is 1. The van der Waals surface area contributed by atoms with Crippen molar-refractivity contribution >= 4 is 16.9 Å². The van der Waals surface area contributed by atoms with Crippen molar-refractivity contribution in [1.82, 2.24) is 15.3 Å². The van der Waals surface area contributed by atoms with Crippen LogP contribution >= 0.6 is 0 Å². The minimum Gasteiger partial charge on any atom is -0.353 e. The molecule has 6 rings (SSSR count). The Kier molecular flexibility index (Phi) is 3.84. The zero-order valence-corrected chi connectivity index (χ0v) is 15.6. The van der Waals surface area contributed by atoms with Crippen LogP contribution in [-0.4, -0.2) is 21.9 Å². The van der Waals surface area contributed by atoms with Crippen LogP contribution in [-0.2, 0) is 11.2 Å². The average Bonchev–Trinajstić information content (AvgIpc) is 3.02. The lowest BCUT2D eigenvalue weighted by atomic mass is 9.48. The van der Waals surface area contributed by atoms with Gasteiger partial charge in [-0.2, -0.15) is 0 Å². The molecule has 0 spiro atoms. The predicted molar refractivity (Wildman–Crippen MR) is 103 cm³/mol. The van der Waals surface area contributed by atoms with E-state index in [4.69, 9.17) is 0 Å². The number of carbonyl (C=O) groups excluding carboxylic acids is 1. The molecule has 1 aromatic heterocycles. The molecular formula is C22H29N3O. The maximum absolute atomic E-state index is 12.6. The van der Waals surface area contributed by atoms with Crippen LogP contribution in [0.4, 0.5) is 0 Å². The van der Waals surface area contributed by atoms with Gasteiger partial charge in [0, 0.05) is 18.9 Å². The van der Waals surface area contributed by atoms with Gasteiger partial charge in [-0.3, -0.25) is 4.79 Å². The molecule has 0 aliphatic heterocycles. The summed E-state index contributed by atoms with van der Waals surface area (Å²) in [6, 6.07) is 8.33. The van der Waals surface area contributed by atoms with Crippen LogP contribution in [0.15, 0.2) is 24.3 Å². The molecule has 4 bridgehead atoms. The second kappa shape index (κ2) is 6.11. The fourth-order valence-electron chi connectivity index (χ4n) is 6.53.